The summed E-state index contributed by atoms with van der Waals surface area (Å²) in [7, 11) is 3.32. The van der Waals surface area contributed by atoms with Crippen LogP contribution < -0.4 is 18.9 Å². The fourth-order valence-electron chi connectivity index (χ4n) is 2.32. The van der Waals surface area contributed by atoms with Gasteiger partial charge in [0.05, 0.1) is 27.4 Å². The summed E-state index contributed by atoms with van der Waals surface area (Å²) >= 11 is 0. The van der Waals surface area contributed by atoms with Crippen molar-refractivity contribution in [3.63, 3.8) is 0 Å². The maximum absolute atomic E-state index is 5.72. The standard InChI is InChI=1S/C20H26O4/c1-21-17-9-7-11-19(15-17)23-13-5-3-4-6-14-24-20-12-8-10-18(16-20)22-2/h7-12,15-16H,3-6,13-14H2,1-2H3. The third-order valence-corrected chi connectivity index (χ3v) is 3.66. The molecule has 0 saturated carbocycles. The minimum atomic E-state index is 0.726. The summed E-state index contributed by atoms with van der Waals surface area (Å²) in [5.74, 6) is 3.36. The van der Waals surface area contributed by atoms with E-state index in [0.29, 0.717) is 0 Å². The van der Waals surface area contributed by atoms with Crippen molar-refractivity contribution in [1.82, 2.24) is 0 Å². The van der Waals surface area contributed by atoms with Gasteiger partial charge < -0.3 is 18.9 Å². The molecule has 0 aliphatic carbocycles. The van der Waals surface area contributed by atoms with Gasteiger partial charge in [-0.15, -0.1) is 0 Å². The highest BCUT2D eigenvalue weighted by molar-refractivity contribution is 5.33. The molecule has 4 heteroatoms. The zero-order valence-electron chi connectivity index (χ0n) is 14.5. The van der Waals surface area contributed by atoms with E-state index in [2.05, 4.69) is 0 Å². The van der Waals surface area contributed by atoms with Gasteiger partial charge in [0.2, 0.25) is 0 Å². The molecule has 0 fully saturated rings. The van der Waals surface area contributed by atoms with Gasteiger partial charge in [0.15, 0.2) is 0 Å². The molecule has 0 N–H and O–H groups in total. The van der Waals surface area contributed by atoms with E-state index in [-0.39, 0.29) is 0 Å². The average molecular weight is 330 g/mol. The third-order valence-electron chi connectivity index (χ3n) is 3.66. The number of ether oxygens (including phenoxy) is 4. The lowest BCUT2D eigenvalue weighted by Gasteiger charge is -2.09. The molecule has 0 aliphatic heterocycles. The van der Waals surface area contributed by atoms with Crippen molar-refractivity contribution in [3.05, 3.63) is 48.5 Å². The minimum absolute atomic E-state index is 0.726. The molecule has 0 radical (unpaired) electrons. The zero-order chi connectivity index (χ0) is 17.0. The number of benzene rings is 2. The second-order valence-electron chi connectivity index (χ2n) is 5.47. The van der Waals surface area contributed by atoms with Crippen LogP contribution in [0.5, 0.6) is 23.0 Å². The molecule has 0 atom stereocenters. The molecule has 0 heterocycles. The summed E-state index contributed by atoms with van der Waals surface area (Å²) in [6.07, 6.45) is 4.34. The normalized spacial score (nSPS) is 10.2. The summed E-state index contributed by atoms with van der Waals surface area (Å²) < 4.78 is 21.8. The number of hydrogen-bond acceptors (Lipinski definition) is 4. The van der Waals surface area contributed by atoms with Gasteiger partial charge in [0.1, 0.15) is 23.0 Å². The molecule has 0 saturated heterocycles. The SMILES string of the molecule is COc1cccc(OCCCCCCOc2cccc(OC)c2)c1. The van der Waals surface area contributed by atoms with Crippen LogP contribution in [0.4, 0.5) is 0 Å². The molecule has 0 aromatic heterocycles. The van der Waals surface area contributed by atoms with Crippen molar-refractivity contribution >= 4 is 0 Å². The second-order valence-corrected chi connectivity index (χ2v) is 5.47. The second kappa shape index (κ2) is 10.4. The molecule has 0 spiro atoms. The lowest BCUT2D eigenvalue weighted by Crippen LogP contribution is -2.00. The summed E-state index contributed by atoms with van der Waals surface area (Å²) in [5, 5.41) is 0. The molecule has 24 heavy (non-hydrogen) atoms. The lowest BCUT2D eigenvalue weighted by atomic mass is 10.2. The molecule has 0 bridgehead atoms. The van der Waals surface area contributed by atoms with E-state index in [1.807, 2.05) is 48.5 Å². The molecule has 0 unspecified atom stereocenters. The number of methoxy groups -OCH3 is 2. The fraction of sp³-hybridized carbons (Fsp3) is 0.400. The van der Waals surface area contributed by atoms with Gasteiger partial charge in [-0.25, -0.2) is 0 Å². The predicted molar refractivity (Wildman–Crippen MR) is 95.4 cm³/mol. The largest absolute Gasteiger partial charge is 0.497 e. The average Bonchev–Trinajstić information content (AvgIpc) is 2.64. The van der Waals surface area contributed by atoms with Gasteiger partial charge in [0.25, 0.3) is 0 Å². The fourth-order valence-corrected chi connectivity index (χ4v) is 2.32. The highest BCUT2D eigenvalue weighted by atomic mass is 16.5. The van der Waals surface area contributed by atoms with Gasteiger partial charge in [-0.1, -0.05) is 12.1 Å². The van der Waals surface area contributed by atoms with Crippen LogP contribution in [0.2, 0.25) is 0 Å². The Hall–Kier alpha value is -2.36. The smallest absolute Gasteiger partial charge is 0.122 e. The van der Waals surface area contributed by atoms with Gasteiger partial charge in [-0.05, 0) is 49.9 Å². The Bertz CT molecular complexity index is 544. The van der Waals surface area contributed by atoms with Gasteiger partial charge in [-0.3, -0.25) is 0 Å². The van der Waals surface area contributed by atoms with Crippen LogP contribution in [0.15, 0.2) is 48.5 Å². The predicted octanol–water partition coefficient (Wildman–Crippen LogP) is 4.72. The number of rotatable bonds is 11. The van der Waals surface area contributed by atoms with E-state index in [0.717, 1.165) is 61.9 Å². The molecule has 130 valence electrons. The molecular weight excluding hydrogens is 304 g/mol. The number of hydrogen-bond donors (Lipinski definition) is 0. The topological polar surface area (TPSA) is 36.9 Å². The van der Waals surface area contributed by atoms with Crippen LogP contribution in [0.3, 0.4) is 0 Å². The summed E-state index contributed by atoms with van der Waals surface area (Å²) in [4.78, 5) is 0. The van der Waals surface area contributed by atoms with Gasteiger partial charge in [0, 0.05) is 12.1 Å². The highest BCUT2D eigenvalue weighted by Crippen LogP contribution is 2.20. The van der Waals surface area contributed by atoms with Crippen molar-refractivity contribution in [2.45, 2.75) is 25.7 Å². The highest BCUT2D eigenvalue weighted by Gasteiger charge is 1.98. The van der Waals surface area contributed by atoms with Crippen LogP contribution in [0, 0.1) is 0 Å². The summed E-state index contributed by atoms with van der Waals surface area (Å²) in [6.45, 7) is 1.45. The lowest BCUT2D eigenvalue weighted by molar-refractivity contribution is 0.286. The Balaban J connectivity index is 1.52. The molecule has 0 aliphatic rings. The first-order chi connectivity index (χ1) is 11.8. The molecule has 2 aromatic carbocycles. The van der Waals surface area contributed by atoms with Crippen LogP contribution in [-0.2, 0) is 0 Å². The molecular formula is C20H26O4. The van der Waals surface area contributed by atoms with Crippen molar-refractivity contribution < 1.29 is 18.9 Å². The molecule has 2 aromatic rings. The Morgan fingerprint density at radius 3 is 1.42 bits per heavy atom. The van der Waals surface area contributed by atoms with E-state index in [1.54, 1.807) is 14.2 Å². The zero-order valence-corrected chi connectivity index (χ0v) is 14.5. The van der Waals surface area contributed by atoms with Crippen LogP contribution in [0.25, 0.3) is 0 Å². The Morgan fingerprint density at radius 2 is 1.00 bits per heavy atom. The van der Waals surface area contributed by atoms with E-state index in [9.17, 15) is 0 Å². The van der Waals surface area contributed by atoms with Crippen molar-refractivity contribution in [2.75, 3.05) is 27.4 Å². The van der Waals surface area contributed by atoms with Crippen LogP contribution in [0.1, 0.15) is 25.7 Å². The quantitative estimate of drug-likeness (QED) is 0.559. The van der Waals surface area contributed by atoms with E-state index >= 15 is 0 Å². The van der Waals surface area contributed by atoms with Crippen molar-refractivity contribution in [2.24, 2.45) is 0 Å². The molecule has 4 nitrogen and oxygen atoms in total. The summed E-state index contributed by atoms with van der Waals surface area (Å²) in [6, 6.07) is 15.4. The van der Waals surface area contributed by atoms with Crippen molar-refractivity contribution in [1.29, 1.82) is 0 Å². The maximum Gasteiger partial charge on any atom is 0.122 e. The summed E-state index contributed by atoms with van der Waals surface area (Å²) in [5.41, 5.74) is 0. The Kier molecular flexibility index (Phi) is 7.81. The van der Waals surface area contributed by atoms with E-state index in [4.69, 9.17) is 18.9 Å². The molecule has 0 amide bonds. The van der Waals surface area contributed by atoms with Crippen LogP contribution in [-0.4, -0.2) is 27.4 Å². The first-order valence-electron chi connectivity index (χ1n) is 8.35. The van der Waals surface area contributed by atoms with Crippen LogP contribution >= 0.6 is 0 Å². The number of unbranched alkanes of at least 4 members (excludes halogenated alkanes) is 3. The monoisotopic (exact) mass is 330 g/mol. The Morgan fingerprint density at radius 1 is 0.583 bits per heavy atom. The van der Waals surface area contributed by atoms with Gasteiger partial charge in [-0.2, -0.15) is 0 Å². The minimum Gasteiger partial charge on any atom is -0.497 e. The third kappa shape index (κ3) is 6.41. The first kappa shape index (κ1) is 18.0. The van der Waals surface area contributed by atoms with E-state index < -0.39 is 0 Å². The van der Waals surface area contributed by atoms with E-state index in [1.165, 1.54) is 0 Å². The molecule has 2 rings (SSSR count). The Labute approximate surface area is 144 Å². The maximum atomic E-state index is 5.72. The first-order valence-corrected chi connectivity index (χ1v) is 8.35. The van der Waals surface area contributed by atoms with Gasteiger partial charge >= 0.3 is 0 Å². The van der Waals surface area contributed by atoms with Crippen molar-refractivity contribution in [3.8, 4) is 23.0 Å².